The van der Waals surface area contributed by atoms with Crippen LogP contribution in [-0.2, 0) is 0 Å². The zero-order chi connectivity index (χ0) is 8.43. The third kappa shape index (κ3) is 1.82. The molecule has 0 aliphatic heterocycles. The summed E-state index contributed by atoms with van der Waals surface area (Å²) in [4.78, 5) is 13.1. The van der Waals surface area contributed by atoms with Gasteiger partial charge in [-0.05, 0) is 25.5 Å². The molecule has 0 saturated heterocycles. The van der Waals surface area contributed by atoms with E-state index in [-0.39, 0.29) is 11.7 Å². The summed E-state index contributed by atoms with van der Waals surface area (Å²) in [6, 6.07) is 2.00. The zero-order valence-electron chi connectivity index (χ0n) is 6.48. The minimum Gasteiger partial charge on any atom is -0.292 e. The molecule has 0 atom stereocenters. The van der Waals surface area contributed by atoms with E-state index in [0.717, 1.165) is 15.3 Å². The van der Waals surface area contributed by atoms with Gasteiger partial charge in [-0.15, -0.1) is 22.9 Å². The number of carbonyl (C=O) groups excluding carboxylic acids is 1. The molecule has 0 bridgehead atoms. The maximum atomic E-state index is 11.1. The van der Waals surface area contributed by atoms with Crippen molar-refractivity contribution < 1.29 is 4.79 Å². The summed E-state index contributed by atoms with van der Waals surface area (Å²) in [5, 5.41) is 0. The van der Waals surface area contributed by atoms with Crippen LogP contribution < -0.4 is 0 Å². The van der Waals surface area contributed by atoms with Crippen molar-refractivity contribution in [2.75, 3.05) is 5.88 Å². The Labute approximate surface area is 75.0 Å². The molecule has 3 heteroatoms. The molecular formula is C8H9ClOS. The normalized spacial score (nSPS) is 10.1. The van der Waals surface area contributed by atoms with Crippen LogP contribution in [0.3, 0.4) is 0 Å². The minimum absolute atomic E-state index is 0.0299. The number of ketones is 1. The van der Waals surface area contributed by atoms with Gasteiger partial charge in [0.15, 0.2) is 5.78 Å². The number of hydrogen-bond donors (Lipinski definition) is 0. The molecule has 0 unspecified atom stereocenters. The third-order valence-electron chi connectivity index (χ3n) is 1.42. The molecular weight excluding hydrogens is 180 g/mol. The SMILES string of the molecule is Cc1cc(C)c(C(=O)CCl)s1. The van der Waals surface area contributed by atoms with Gasteiger partial charge in [0.25, 0.3) is 0 Å². The summed E-state index contributed by atoms with van der Waals surface area (Å²) < 4.78 is 0. The highest BCUT2D eigenvalue weighted by Gasteiger charge is 2.09. The highest BCUT2D eigenvalue weighted by Crippen LogP contribution is 2.21. The largest absolute Gasteiger partial charge is 0.292 e. The fourth-order valence-corrected chi connectivity index (χ4v) is 2.16. The lowest BCUT2D eigenvalue weighted by molar-refractivity contribution is 0.102. The summed E-state index contributed by atoms with van der Waals surface area (Å²) in [7, 11) is 0. The van der Waals surface area contributed by atoms with Crippen LogP contribution in [0.4, 0.5) is 0 Å². The van der Waals surface area contributed by atoms with Crippen molar-refractivity contribution in [3.8, 4) is 0 Å². The number of carbonyl (C=O) groups is 1. The maximum Gasteiger partial charge on any atom is 0.187 e. The summed E-state index contributed by atoms with van der Waals surface area (Å²) in [5.74, 6) is 0.114. The van der Waals surface area contributed by atoms with E-state index < -0.39 is 0 Å². The molecule has 1 aromatic rings. The number of alkyl halides is 1. The van der Waals surface area contributed by atoms with Gasteiger partial charge in [0.1, 0.15) is 0 Å². The van der Waals surface area contributed by atoms with E-state index >= 15 is 0 Å². The molecule has 0 amide bonds. The van der Waals surface area contributed by atoms with E-state index in [1.165, 1.54) is 11.3 Å². The fourth-order valence-electron chi connectivity index (χ4n) is 0.979. The standard InChI is InChI=1S/C8H9ClOS/c1-5-3-6(2)11-8(5)7(10)4-9/h3H,4H2,1-2H3. The first kappa shape index (κ1) is 8.75. The molecule has 0 saturated carbocycles. The van der Waals surface area contributed by atoms with Gasteiger partial charge in [0, 0.05) is 4.88 Å². The van der Waals surface area contributed by atoms with E-state index in [0.29, 0.717) is 0 Å². The average Bonchev–Trinajstić information content (AvgIpc) is 2.28. The smallest absolute Gasteiger partial charge is 0.187 e. The number of Topliss-reactive ketones (excluding diaryl/α,β-unsaturated/α-hetero) is 1. The molecule has 1 rings (SSSR count). The quantitative estimate of drug-likeness (QED) is 0.515. The molecule has 0 N–H and O–H groups in total. The van der Waals surface area contributed by atoms with Gasteiger partial charge < -0.3 is 0 Å². The van der Waals surface area contributed by atoms with E-state index in [1.807, 2.05) is 19.9 Å². The van der Waals surface area contributed by atoms with Crippen LogP contribution in [0.5, 0.6) is 0 Å². The van der Waals surface area contributed by atoms with Crippen LogP contribution >= 0.6 is 22.9 Å². The lowest BCUT2D eigenvalue weighted by Gasteiger charge is -1.91. The van der Waals surface area contributed by atoms with E-state index in [9.17, 15) is 4.79 Å². The Hall–Kier alpha value is -0.340. The van der Waals surface area contributed by atoms with Crippen LogP contribution in [0.25, 0.3) is 0 Å². The highest BCUT2D eigenvalue weighted by molar-refractivity contribution is 7.14. The van der Waals surface area contributed by atoms with Crippen molar-refractivity contribution in [3.63, 3.8) is 0 Å². The van der Waals surface area contributed by atoms with Crippen molar-refractivity contribution in [2.45, 2.75) is 13.8 Å². The minimum atomic E-state index is 0.0299. The zero-order valence-corrected chi connectivity index (χ0v) is 8.05. The van der Waals surface area contributed by atoms with Crippen molar-refractivity contribution in [3.05, 3.63) is 21.4 Å². The highest BCUT2D eigenvalue weighted by atomic mass is 35.5. The second-order valence-electron chi connectivity index (χ2n) is 2.43. The molecule has 1 nitrogen and oxygen atoms in total. The molecule has 0 aromatic carbocycles. The van der Waals surface area contributed by atoms with Crippen LogP contribution in [0.1, 0.15) is 20.1 Å². The van der Waals surface area contributed by atoms with Crippen LogP contribution in [-0.4, -0.2) is 11.7 Å². The molecule has 11 heavy (non-hydrogen) atoms. The summed E-state index contributed by atoms with van der Waals surface area (Å²) in [5.41, 5.74) is 1.04. The second-order valence-corrected chi connectivity index (χ2v) is 3.95. The average molecular weight is 189 g/mol. The number of hydrogen-bond acceptors (Lipinski definition) is 2. The van der Waals surface area contributed by atoms with Crippen molar-refractivity contribution >= 4 is 28.7 Å². The molecule has 0 radical (unpaired) electrons. The van der Waals surface area contributed by atoms with E-state index in [1.54, 1.807) is 0 Å². The Kier molecular flexibility index (Phi) is 2.68. The van der Waals surface area contributed by atoms with Crippen LogP contribution in [0.15, 0.2) is 6.07 Å². The number of halogens is 1. The molecule has 1 aromatic heterocycles. The van der Waals surface area contributed by atoms with Crippen molar-refractivity contribution in [2.24, 2.45) is 0 Å². The number of aryl methyl sites for hydroxylation is 2. The molecule has 60 valence electrons. The first-order chi connectivity index (χ1) is 5.15. The van der Waals surface area contributed by atoms with E-state index in [4.69, 9.17) is 11.6 Å². The first-order valence-electron chi connectivity index (χ1n) is 3.31. The summed E-state index contributed by atoms with van der Waals surface area (Å²) >= 11 is 6.94. The van der Waals surface area contributed by atoms with Crippen molar-refractivity contribution in [1.82, 2.24) is 0 Å². The van der Waals surface area contributed by atoms with E-state index in [2.05, 4.69) is 0 Å². The van der Waals surface area contributed by atoms with Gasteiger partial charge in [-0.1, -0.05) is 0 Å². The molecule has 0 spiro atoms. The lowest BCUT2D eigenvalue weighted by Crippen LogP contribution is -1.98. The van der Waals surface area contributed by atoms with Gasteiger partial charge in [0.2, 0.25) is 0 Å². The van der Waals surface area contributed by atoms with Gasteiger partial charge in [-0.2, -0.15) is 0 Å². The Morgan fingerprint density at radius 1 is 1.64 bits per heavy atom. The van der Waals surface area contributed by atoms with Gasteiger partial charge in [-0.3, -0.25) is 4.79 Å². The Morgan fingerprint density at radius 3 is 2.64 bits per heavy atom. The third-order valence-corrected chi connectivity index (χ3v) is 2.85. The lowest BCUT2D eigenvalue weighted by atomic mass is 10.2. The Morgan fingerprint density at radius 2 is 2.27 bits per heavy atom. The number of thiophene rings is 1. The Bertz CT molecular complexity index is 278. The van der Waals surface area contributed by atoms with Crippen molar-refractivity contribution in [1.29, 1.82) is 0 Å². The molecule has 0 fully saturated rings. The predicted molar refractivity (Wildman–Crippen MR) is 48.8 cm³/mol. The monoisotopic (exact) mass is 188 g/mol. The molecule has 0 aliphatic rings. The molecule has 1 heterocycles. The van der Waals surface area contributed by atoms with Crippen LogP contribution in [0.2, 0.25) is 0 Å². The fraction of sp³-hybridized carbons (Fsp3) is 0.375. The number of rotatable bonds is 2. The van der Waals surface area contributed by atoms with Gasteiger partial charge in [0.05, 0.1) is 10.8 Å². The molecule has 0 aliphatic carbocycles. The van der Waals surface area contributed by atoms with Gasteiger partial charge in [-0.25, -0.2) is 0 Å². The van der Waals surface area contributed by atoms with Crippen LogP contribution in [0, 0.1) is 13.8 Å². The maximum absolute atomic E-state index is 11.1. The summed E-state index contributed by atoms with van der Waals surface area (Å²) in [6.45, 7) is 3.92. The summed E-state index contributed by atoms with van der Waals surface area (Å²) in [6.07, 6.45) is 0. The first-order valence-corrected chi connectivity index (χ1v) is 4.66. The predicted octanol–water partition coefficient (Wildman–Crippen LogP) is 2.79. The van der Waals surface area contributed by atoms with Gasteiger partial charge >= 0.3 is 0 Å². The topological polar surface area (TPSA) is 17.1 Å². The Balaban J connectivity index is 3.03. The second kappa shape index (κ2) is 3.37.